The van der Waals surface area contributed by atoms with E-state index in [1.54, 1.807) is 18.5 Å². The predicted molar refractivity (Wildman–Crippen MR) is 150 cm³/mol. The molecule has 3 aromatic rings. The number of carbonyl (C=O) groups is 2. The molecule has 2 aliphatic heterocycles. The number of nitrogens with one attached hydrogen (secondary N) is 1. The molecule has 2 aromatic heterocycles. The summed E-state index contributed by atoms with van der Waals surface area (Å²) in [6.45, 7) is 2.67. The molecule has 42 heavy (non-hydrogen) atoms. The first kappa shape index (κ1) is 29.3. The maximum absolute atomic E-state index is 14.6. The number of piperidine rings is 1. The lowest BCUT2D eigenvalue weighted by atomic mass is 9.85. The molecule has 0 aliphatic carbocycles. The number of anilines is 1. The summed E-state index contributed by atoms with van der Waals surface area (Å²) >= 11 is 7.59. The second kappa shape index (κ2) is 12.4. The number of hydrogen-bond acceptors (Lipinski definition) is 11. The summed E-state index contributed by atoms with van der Waals surface area (Å²) < 4.78 is 39.1. The van der Waals surface area contributed by atoms with Crippen LogP contribution in [0, 0.1) is 17.6 Å². The number of esters is 1. The van der Waals surface area contributed by atoms with E-state index >= 15 is 0 Å². The number of aliphatic imine (C=N–C) groups is 1. The summed E-state index contributed by atoms with van der Waals surface area (Å²) in [6, 6.07) is 1.17. The largest absolute Gasteiger partial charge is 0.480 e. The molecule has 4 heterocycles. The topological polar surface area (TPSA) is 139 Å². The minimum Gasteiger partial charge on any atom is -0.480 e. The molecule has 1 aromatic carbocycles. The van der Waals surface area contributed by atoms with Crippen LogP contribution in [0.3, 0.4) is 0 Å². The zero-order chi connectivity index (χ0) is 30.0. The maximum Gasteiger partial charge on any atom is 0.342 e. The normalized spacial score (nSPS) is 17.5. The second-order valence-electron chi connectivity index (χ2n) is 9.31. The molecule has 1 atom stereocenters. The number of carbonyl (C=O) groups excluding carboxylic acids is 1. The van der Waals surface area contributed by atoms with E-state index in [4.69, 9.17) is 21.1 Å². The lowest BCUT2D eigenvalue weighted by molar-refractivity contribution is -0.139. The quantitative estimate of drug-likeness (QED) is 0.276. The predicted octanol–water partition coefficient (Wildman–Crippen LogP) is 4.40. The third-order valence-electron chi connectivity index (χ3n) is 6.92. The fourth-order valence-corrected chi connectivity index (χ4v) is 5.77. The minimum absolute atomic E-state index is 0.0496. The van der Waals surface area contributed by atoms with Crippen LogP contribution < -0.4 is 15.0 Å². The van der Waals surface area contributed by atoms with Crippen LogP contribution in [0.15, 0.2) is 46.2 Å². The Kier molecular flexibility index (Phi) is 8.64. The number of amidine groups is 1. The van der Waals surface area contributed by atoms with Gasteiger partial charge in [0.15, 0.2) is 22.5 Å². The molecule has 0 saturated carbocycles. The highest BCUT2D eigenvalue weighted by atomic mass is 35.5. The molecule has 11 nitrogen and oxygen atoms in total. The Hall–Kier alpha value is -4.17. The fraction of sp³-hybridized carbons (Fsp3) is 0.333. The molecular formula is C27H25ClF2N6O5S. The van der Waals surface area contributed by atoms with Gasteiger partial charge in [-0.3, -0.25) is 4.99 Å². The molecule has 15 heteroatoms. The van der Waals surface area contributed by atoms with Gasteiger partial charge in [0, 0.05) is 41.8 Å². The van der Waals surface area contributed by atoms with E-state index in [0.717, 1.165) is 6.07 Å². The number of hydrogen-bond donors (Lipinski definition) is 2. The van der Waals surface area contributed by atoms with Crippen molar-refractivity contribution in [2.24, 2.45) is 10.9 Å². The number of aromatic nitrogens is 3. The average Bonchev–Trinajstić information content (AvgIpc) is 3.54. The van der Waals surface area contributed by atoms with E-state index in [-0.39, 0.29) is 35.1 Å². The molecule has 0 bridgehead atoms. The number of aromatic carboxylic acids is 1. The van der Waals surface area contributed by atoms with Gasteiger partial charge in [-0.1, -0.05) is 17.7 Å². The molecule has 5 rings (SSSR count). The van der Waals surface area contributed by atoms with Crippen molar-refractivity contribution in [2.75, 3.05) is 31.7 Å². The number of allylic oxidation sites excluding steroid dienone is 1. The highest BCUT2D eigenvalue weighted by Gasteiger charge is 2.38. The van der Waals surface area contributed by atoms with Gasteiger partial charge in [-0.2, -0.15) is 4.98 Å². The number of rotatable bonds is 8. The lowest BCUT2D eigenvalue weighted by Gasteiger charge is -2.36. The summed E-state index contributed by atoms with van der Waals surface area (Å²) in [4.78, 5) is 44.2. The van der Waals surface area contributed by atoms with Crippen molar-refractivity contribution >= 4 is 46.7 Å². The van der Waals surface area contributed by atoms with Crippen molar-refractivity contribution in [3.05, 3.63) is 74.0 Å². The van der Waals surface area contributed by atoms with E-state index in [1.807, 2.05) is 4.90 Å². The van der Waals surface area contributed by atoms with Gasteiger partial charge in [-0.05, 0) is 25.8 Å². The first-order valence-corrected chi connectivity index (χ1v) is 14.2. The molecule has 0 spiro atoms. The second-order valence-corrected chi connectivity index (χ2v) is 10.6. The number of methoxy groups -OCH3 is 1. The number of benzene rings is 1. The van der Waals surface area contributed by atoms with Crippen LogP contribution in [0.5, 0.6) is 5.88 Å². The molecule has 2 N–H and O–H groups in total. The summed E-state index contributed by atoms with van der Waals surface area (Å²) in [5.41, 5.74) is 0.636. The number of halogens is 3. The molecule has 0 amide bonds. The van der Waals surface area contributed by atoms with E-state index in [9.17, 15) is 23.5 Å². The van der Waals surface area contributed by atoms with Gasteiger partial charge in [0.25, 0.3) is 0 Å². The fourth-order valence-electron chi connectivity index (χ4n) is 4.93. The van der Waals surface area contributed by atoms with Crippen molar-refractivity contribution in [3.63, 3.8) is 0 Å². The SMILES string of the molecule is CCOC(=O)C1=C(C2CCN(c3ncc(C(=O)O)c(OC)n3)CC2)NC(c2nccs2)=NC1c1ccc(F)c(F)c1Cl. The Balaban J connectivity index is 1.52. The van der Waals surface area contributed by atoms with E-state index < -0.39 is 34.6 Å². The average molecular weight is 619 g/mol. The van der Waals surface area contributed by atoms with Gasteiger partial charge in [0.2, 0.25) is 11.8 Å². The van der Waals surface area contributed by atoms with Crippen molar-refractivity contribution in [3.8, 4) is 5.88 Å². The minimum atomic E-state index is -1.24. The summed E-state index contributed by atoms with van der Waals surface area (Å²) in [5, 5.41) is 14.5. The molecule has 1 saturated heterocycles. The first-order chi connectivity index (χ1) is 20.2. The summed E-state index contributed by atoms with van der Waals surface area (Å²) in [7, 11) is 1.33. The van der Waals surface area contributed by atoms with Gasteiger partial charge < -0.3 is 24.8 Å². The van der Waals surface area contributed by atoms with Crippen molar-refractivity contribution in [1.29, 1.82) is 0 Å². The summed E-state index contributed by atoms with van der Waals surface area (Å²) in [6.07, 6.45) is 3.87. The molecule has 0 radical (unpaired) electrons. The van der Waals surface area contributed by atoms with Crippen molar-refractivity contribution < 1.29 is 33.0 Å². The zero-order valence-electron chi connectivity index (χ0n) is 22.4. The van der Waals surface area contributed by atoms with Crippen LogP contribution in [0.4, 0.5) is 14.7 Å². The highest BCUT2D eigenvalue weighted by molar-refractivity contribution is 7.11. The number of carboxylic acids is 1. The maximum atomic E-state index is 14.6. The third kappa shape index (κ3) is 5.63. The Morgan fingerprint density at radius 3 is 2.64 bits per heavy atom. The van der Waals surface area contributed by atoms with Crippen molar-refractivity contribution in [1.82, 2.24) is 20.3 Å². The van der Waals surface area contributed by atoms with E-state index in [0.29, 0.717) is 48.4 Å². The molecule has 220 valence electrons. The molecular weight excluding hydrogens is 594 g/mol. The van der Waals surface area contributed by atoms with Crippen LogP contribution >= 0.6 is 22.9 Å². The van der Waals surface area contributed by atoms with E-state index in [2.05, 4.69) is 25.3 Å². The zero-order valence-corrected chi connectivity index (χ0v) is 24.0. The Bertz CT molecular complexity index is 1580. The van der Waals surface area contributed by atoms with Gasteiger partial charge >= 0.3 is 11.9 Å². The standard InChI is InChI=1S/C27H25ClF2N6O5S/c1-3-41-26(39)17-20(13-6-9-36(10-7-13)27-32-12-15(25(37)38)23(35-27)40-2)33-22(24-31-8-11-42-24)34-21(17)14-4-5-16(29)19(30)18(14)28/h4-5,8,11-13,21H,3,6-7,9-10H2,1-2H3,(H,33,34)(H,37,38). The smallest absolute Gasteiger partial charge is 0.342 e. The third-order valence-corrected chi connectivity index (χ3v) is 8.08. The Morgan fingerprint density at radius 2 is 2.00 bits per heavy atom. The highest BCUT2D eigenvalue weighted by Crippen LogP contribution is 2.41. The monoisotopic (exact) mass is 618 g/mol. The molecule has 2 aliphatic rings. The van der Waals surface area contributed by atoms with E-state index in [1.165, 1.54) is 30.7 Å². The summed E-state index contributed by atoms with van der Waals surface area (Å²) in [5.74, 6) is -3.81. The van der Waals surface area contributed by atoms with Crippen molar-refractivity contribution in [2.45, 2.75) is 25.8 Å². The van der Waals surface area contributed by atoms with Gasteiger partial charge in [0.1, 0.15) is 11.6 Å². The number of ether oxygens (including phenoxy) is 2. The Labute approximate surface area is 247 Å². The Morgan fingerprint density at radius 1 is 1.24 bits per heavy atom. The van der Waals surface area contributed by atoms with Crippen LogP contribution in [0.25, 0.3) is 0 Å². The van der Waals surface area contributed by atoms with Gasteiger partial charge in [-0.25, -0.2) is 28.3 Å². The van der Waals surface area contributed by atoms with Crippen LogP contribution in [0.1, 0.15) is 46.7 Å². The number of nitrogens with zero attached hydrogens (tertiary/aromatic N) is 5. The number of carboxylic acid groups (broad SMARTS) is 1. The van der Waals surface area contributed by atoms with Crippen LogP contribution in [-0.2, 0) is 9.53 Å². The van der Waals surface area contributed by atoms with Gasteiger partial charge in [-0.15, -0.1) is 11.3 Å². The number of thiazole rings is 1. The molecule has 1 fully saturated rings. The van der Waals surface area contributed by atoms with Gasteiger partial charge in [0.05, 0.1) is 30.5 Å². The van der Waals surface area contributed by atoms with Crippen LogP contribution in [-0.4, -0.2) is 64.6 Å². The first-order valence-electron chi connectivity index (χ1n) is 12.9. The lowest BCUT2D eigenvalue weighted by Crippen LogP contribution is -2.42. The molecule has 1 unspecified atom stereocenters. The van der Waals surface area contributed by atoms with Crippen LogP contribution in [0.2, 0.25) is 5.02 Å².